The molecule has 3 heteroatoms. The smallest absolute Gasteiger partial charge is 0.220 e. The van der Waals surface area contributed by atoms with E-state index in [0.29, 0.717) is 13.0 Å². The van der Waals surface area contributed by atoms with Crippen LogP contribution < -0.4 is 5.32 Å². The Bertz CT molecular complexity index is 280. The third-order valence-electron chi connectivity index (χ3n) is 1.85. The Morgan fingerprint density at radius 1 is 1.38 bits per heavy atom. The molecule has 0 aliphatic heterocycles. The van der Waals surface area contributed by atoms with Crippen LogP contribution in [0.4, 0.5) is 0 Å². The second kappa shape index (κ2) is 5.02. The molecule has 0 aromatic carbocycles. The number of carbonyl (C=O) groups is 1. The van der Waals surface area contributed by atoms with Crippen molar-refractivity contribution in [1.82, 2.24) is 5.32 Å². The number of rotatable bonds is 4. The quantitative estimate of drug-likeness (QED) is 0.788. The second-order valence-corrected chi connectivity index (χ2v) is 4.10. The summed E-state index contributed by atoms with van der Waals surface area (Å²) in [4.78, 5) is 13.6. The van der Waals surface area contributed by atoms with Crippen LogP contribution in [0.25, 0.3) is 0 Å². The fraction of sp³-hybridized carbons (Fsp3) is 0.500. The summed E-state index contributed by atoms with van der Waals surface area (Å²) in [6.07, 6.45) is 1.64. The molecule has 0 radical (unpaired) electrons. The number of hydrogen-bond acceptors (Lipinski definition) is 2. The molecule has 0 aliphatic carbocycles. The minimum absolute atomic E-state index is 0.117. The zero-order valence-electron chi connectivity index (χ0n) is 8.09. The van der Waals surface area contributed by atoms with Gasteiger partial charge in [0.05, 0.1) is 6.54 Å². The van der Waals surface area contributed by atoms with E-state index in [4.69, 9.17) is 0 Å². The van der Waals surface area contributed by atoms with Crippen LogP contribution in [0.15, 0.2) is 12.1 Å². The van der Waals surface area contributed by atoms with Crippen LogP contribution in [-0.2, 0) is 17.8 Å². The Labute approximate surface area is 83.0 Å². The highest BCUT2D eigenvalue weighted by Crippen LogP contribution is 2.16. The summed E-state index contributed by atoms with van der Waals surface area (Å²) in [5.74, 6) is 0.117. The molecule has 0 saturated carbocycles. The van der Waals surface area contributed by atoms with Crippen LogP contribution in [0.2, 0.25) is 0 Å². The molecule has 0 atom stereocenters. The zero-order valence-corrected chi connectivity index (χ0v) is 8.91. The van der Waals surface area contributed by atoms with Gasteiger partial charge in [-0.2, -0.15) is 0 Å². The molecule has 0 bridgehead atoms. The Hall–Kier alpha value is -0.830. The molecular weight excluding hydrogens is 182 g/mol. The standard InChI is InChI=1S/C10H15NOS/c1-3-8-5-6-9(13-8)7-11-10(12)4-2/h5-6H,3-4,7H2,1-2H3,(H,11,12). The van der Waals surface area contributed by atoms with Crippen molar-refractivity contribution in [3.63, 3.8) is 0 Å². The average molecular weight is 197 g/mol. The number of aryl methyl sites for hydroxylation is 1. The van der Waals surface area contributed by atoms with Crippen LogP contribution in [0.1, 0.15) is 30.0 Å². The summed E-state index contributed by atoms with van der Waals surface area (Å²) in [5.41, 5.74) is 0. The number of thiophene rings is 1. The van der Waals surface area contributed by atoms with Crippen LogP contribution in [-0.4, -0.2) is 5.91 Å². The van der Waals surface area contributed by atoms with Gasteiger partial charge in [0.1, 0.15) is 0 Å². The number of amides is 1. The van der Waals surface area contributed by atoms with Crippen LogP contribution >= 0.6 is 11.3 Å². The fourth-order valence-electron chi connectivity index (χ4n) is 1.02. The molecule has 1 heterocycles. The van der Waals surface area contributed by atoms with Crippen molar-refractivity contribution in [2.24, 2.45) is 0 Å². The van der Waals surface area contributed by atoms with Crippen LogP contribution in [0.5, 0.6) is 0 Å². The maximum atomic E-state index is 11.0. The van der Waals surface area contributed by atoms with Gasteiger partial charge in [-0.25, -0.2) is 0 Å². The van der Waals surface area contributed by atoms with Crippen molar-refractivity contribution < 1.29 is 4.79 Å². The van der Waals surface area contributed by atoms with E-state index in [1.54, 1.807) is 11.3 Å². The Morgan fingerprint density at radius 2 is 2.08 bits per heavy atom. The number of nitrogens with one attached hydrogen (secondary N) is 1. The van der Waals surface area contributed by atoms with E-state index in [0.717, 1.165) is 6.42 Å². The Kier molecular flexibility index (Phi) is 3.96. The van der Waals surface area contributed by atoms with Gasteiger partial charge >= 0.3 is 0 Å². The topological polar surface area (TPSA) is 29.1 Å². The van der Waals surface area contributed by atoms with Gasteiger partial charge in [-0.15, -0.1) is 11.3 Å². The first-order chi connectivity index (χ1) is 6.26. The highest BCUT2D eigenvalue weighted by molar-refractivity contribution is 7.11. The van der Waals surface area contributed by atoms with Crippen LogP contribution in [0.3, 0.4) is 0 Å². The molecule has 0 saturated heterocycles. The van der Waals surface area contributed by atoms with Crippen molar-refractivity contribution in [3.05, 3.63) is 21.9 Å². The molecule has 2 nitrogen and oxygen atoms in total. The van der Waals surface area contributed by atoms with E-state index in [9.17, 15) is 4.79 Å². The lowest BCUT2D eigenvalue weighted by Crippen LogP contribution is -2.20. The maximum Gasteiger partial charge on any atom is 0.220 e. The fourth-order valence-corrected chi connectivity index (χ4v) is 1.92. The third kappa shape index (κ3) is 3.19. The summed E-state index contributed by atoms with van der Waals surface area (Å²) in [7, 11) is 0. The van der Waals surface area contributed by atoms with Crippen molar-refractivity contribution in [2.75, 3.05) is 0 Å². The normalized spacial score (nSPS) is 10.0. The van der Waals surface area contributed by atoms with E-state index < -0.39 is 0 Å². The molecule has 1 amide bonds. The van der Waals surface area contributed by atoms with Crippen molar-refractivity contribution in [3.8, 4) is 0 Å². The van der Waals surface area contributed by atoms with E-state index in [1.807, 2.05) is 6.92 Å². The first-order valence-electron chi connectivity index (χ1n) is 4.60. The highest BCUT2D eigenvalue weighted by Gasteiger charge is 2.00. The molecular formula is C10H15NOS. The second-order valence-electron chi connectivity index (χ2n) is 2.85. The molecule has 1 rings (SSSR count). The Balaban J connectivity index is 2.41. The monoisotopic (exact) mass is 197 g/mol. The third-order valence-corrected chi connectivity index (χ3v) is 3.08. The van der Waals surface area contributed by atoms with Gasteiger partial charge in [0.2, 0.25) is 5.91 Å². The lowest BCUT2D eigenvalue weighted by atomic mass is 10.3. The molecule has 13 heavy (non-hydrogen) atoms. The SMILES string of the molecule is CCC(=O)NCc1ccc(CC)s1. The van der Waals surface area contributed by atoms with E-state index >= 15 is 0 Å². The summed E-state index contributed by atoms with van der Waals surface area (Å²) >= 11 is 1.77. The molecule has 1 aromatic rings. The number of hydrogen-bond donors (Lipinski definition) is 1. The van der Waals surface area contributed by atoms with Gasteiger partial charge in [0.25, 0.3) is 0 Å². The molecule has 0 aliphatic rings. The van der Waals surface area contributed by atoms with Gasteiger partial charge in [0.15, 0.2) is 0 Å². The van der Waals surface area contributed by atoms with Gasteiger partial charge in [-0.1, -0.05) is 13.8 Å². The highest BCUT2D eigenvalue weighted by atomic mass is 32.1. The van der Waals surface area contributed by atoms with Gasteiger partial charge < -0.3 is 5.32 Å². The number of carbonyl (C=O) groups excluding carboxylic acids is 1. The summed E-state index contributed by atoms with van der Waals surface area (Å²) in [6.45, 7) is 4.68. The summed E-state index contributed by atoms with van der Waals surface area (Å²) < 4.78 is 0. The predicted octanol–water partition coefficient (Wildman–Crippen LogP) is 2.34. The van der Waals surface area contributed by atoms with E-state index in [1.165, 1.54) is 9.75 Å². The molecule has 0 fully saturated rings. The lowest BCUT2D eigenvalue weighted by Gasteiger charge is -1.99. The largest absolute Gasteiger partial charge is 0.351 e. The first kappa shape index (κ1) is 10.3. The van der Waals surface area contributed by atoms with Crippen molar-refractivity contribution >= 4 is 17.2 Å². The molecule has 1 N–H and O–H groups in total. The molecule has 1 aromatic heterocycles. The first-order valence-corrected chi connectivity index (χ1v) is 5.42. The van der Waals surface area contributed by atoms with E-state index in [2.05, 4.69) is 24.4 Å². The summed E-state index contributed by atoms with van der Waals surface area (Å²) in [6, 6.07) is 4.21. The Morgan fingerprint density at radius 3 is 2.62 bits per heavy atom. The molecule has 0 unspecified atom stereocenters. The van der Waals surface area contributed by atoms with Crippen LogP contribution in [0, 0.1) is 0 Å². The maximum absolute atomic E-state index is 11.0. The predicted molar refractivity (Wildman–Crippen MR) is 55.8 cm³/mol. The van der Waals surface area contributed by atoms with Gasteiger partial charge in [-0.3, -0.25) is 4.79 Å². The zero-order chi connectivity index (χ0) is 9.68. The lowest BCUT2D eigenvalue weighted by molar-refractivity contribution is -0.120. The van der Waals surface area contributed by atoms with E-state index in [-0.39, 0.29) is 5.91 Å². The van der Waals surface area contributed by atoms with Gasteiger partial charge in [0, 0.05) is 16.2 Å². The average Bonchev–Trinajstić information content (AvgIpc) is 2.61. The molecule has 72 valence electrons. The van der Waals surface area contributed by atoms with Gasteiger partial charge in [-0.05, 0) is 18.6 Å². The summed E-state index contributed by atoms with van der Waals surface area (Å²) in [5, 5.41) is 2.86. The minimum atomic E-state index is 0.117. The molecule has 0 spiro atoms. The van der Waals surface area contributed by atoms with Crippen molar-refractivity contribution in [1.29, 1.82) is 0 Å². The van der Waals surface area contributed by atoms with Crippen molar-refractivity contribution in [2.45, 2.75) is 33.2 Å². The minimum Gasteiger partial charge on any atom is -0.351 e.